The van der Waals surface area contributed by atoms with Gasteiger partial charge >= 0.3 is 5.69 Å². The molecule has 0 amide bonds. The van der Waals surface area contributed by atoms with Gasteiger partial charge in [-0.15, -0.1) is 12.4 Å². The van der Waals surface area contributed by atoms with Crippen LogP contribution >= 0.6 is 12.4 Å². The summed E-state index contributed by atoms with van der Waals surface area (Å²) in [6, 6.07) is 0. The van der Waals surface area contributed by atoms with Crippen LogP contribution in [0.5, 0.6) is 0 Å². The summed E-state index contributed by atoms with van der Waals surface area (Å²) >= 11 is 0. The van der Waals surface area contributed by atoms with E-state index in [2.05, 4.69) is 9.97 Å². The van der Waals surface area contributed by atoms with Gasteiger partial charge in [0.05, 0.1) is 13.2 Å². The number of H-pyrrole nitrogens is 2. The average molecular weight is 266 g/mol. The van der Waals surface area contributed by atoms with E-state index in [4.69, 9.17) is 10.2 Å². The van der Waals surface area contributed by atoms with Crippen LogP contribution in [0.25, 0.3) is 0 Å². The van der Waals surface area contributed by atoms with Gasteiger partial charge in [-0.25, -0.2) is 4.79 Å². The number of aromatic nitrogens is 2. The number of hydrogen-bond acceptors (Lipinski definition) is 5. The lowest BCUT2D eigenvalue weighted by Gasteiger charge is -2.19. The summed E-state index contributed by atoms with van der Waals surface area (Å²) in [5.41, 5.74) is -0.615. The van der Waals surface area contributed by atoms with Crippen LogP contribution in [-0.2, 0) is 6.54 Å². The molecular formula is C9H16ClN3O4. The molecule has 1 heterocycles. The van der Waals surface area contributed by atoms with Gasteiger partial charge in [-0.05, 0) is 0 Å². The van der Waals surface area contributed by atoms with Gasteiger partial charge < -0.3 is 15.2 Å². The van der Waals surface area contributed by atoms with Crippen molar-refractivity contribution >= 4 is 12.4 Å². The van der Waals surface area contributed by atoms with E-state index in [1.54, 1.807) is 4.90 Å². The second kappa shape index (κ2) is 8.02. The van der Waals surface area contributed by atoms with Crippen molar-refractivity contribution in [2.45, 2.75) is 6.54 Å². The van der Waals surface area contributed by atoms with Crippen molar-refractivity contribution in [3.05, 3.63) is 32.6 Å². The smallest absolute Gasteiger partial charge is 0.325 e. The number of aliphatic hydroxyl groups excluding tert-OH is 2. The Morgan fingerprint density at radius 2 is 1.76 bits per heavy atom. The molecule has 0 aromatic carbocycles. The first-order valence-electron chi connectivity index (χ1n) is 4.92. The lowest BCUT2D eigenvalue weighted by atomic mass is 10.3. The largest absolute Gasteiger partial charge is 0.395 e. The van der Waals surface area contributed by atoms with E-state index in [0.717, 1.165) is 0 Å². The Labute approximate surface area is 104 Å². The highest BCUT2D eigenvalue weighted by Crippen LogP contribution is 1.95. The fourth-order valence-electron chi connectivity index (χ4n) is 1.35. The number of rotatable bonds is 6. The van der Waals surface area contributed by atoms with Crippen LogP contribution in [-0.4, -0.2) is 51.4 Å². The van der Waals surface area contributed by atoms with E-state index in [1.165, 1.54) is 6.20 Å². The second-order valence-corrected chi connectivity index (χ2v) is 3.32. The van der Waals surface area contributed by atoms with Gasteiger partial charge in [0.1, 0.15) is 0 Å². The molecule has 1 aromatic heterocycles. The molecule has 7 nitrogen and oxygen atoms in total. The van der Waals surface area contributed by atoms with Crippen molar-refractivity contribution in [3.63, 3.8) is 0 Å². The van der Waals surface area contributed by atoms with Gasteiger partial charge in [-0.1, -0.05) is 0 Å². The zero-order valence-corrected chi connectivity index (χ0v) is 10.00. The normalized spacial score (nSPS) is 10.3. The summed E-state index contributed by atoms with van der Waals surface area (Å²) in [6.07, 6.45) is 1.34. The third-order valence-corrected chi connectivity index (χ3v) is 2.12. The van der Waals surface area contributed by atoms with Crippen molar-refractivity contribution in [1.82, 2.24) is 14.9 Å². The van der Waals surface area contributed by atoms with Crippen LogP contribution in [0.3, 0.4) is 0 Å². The Hall–Kier alpha value is -1.15. The number of nitrogens with one attached hydrogen (secondary N) is 2. The lowest BCUT2D eigenvalue weighted by molar-refractivity contribution is 0.155. The predicted molar refractivity (Wildman–Crippen MR) is 64.4 cm³/mol. The summed E-state index contributed by atoms with van der Waals surface area (Å²) < 4.78 is 0. The van der Waals surface area contributed by atoms with Crippen molar-refractivity contribution in [3.8, 4) is 0 Å². The van der Waals surface area contributed by atoms with Gasteiger partial charge in [-0.2, -0.15) is 0 Å². The van der Waals surface area contributed by atoms with E-state index >= 15 is 0 Å². The SMILES string of the molecule is Cl.O=c1[nH]cc(CN(CCO)CCO)c(=O)[nH]1. The molecule has 0 unspecified atom stereocenters. The second-order valence-electron chi connectivity index (χ2n) is 3.32. The number of hydrogen-bond donors (Lipinski definition) is 4. The summed E-state index contributed by atoms with van der Waals surface area (Å²) in [4.78, 5) is 28.3. The minimum Gasteiger partial charge on any atom is -0.395 e. The highest BCUT2D eigenvalue weighted by Gasteiger charge is 2.07. The first kappa shape index (κ1) is 15.9. The third-order valence-electron chi connectivity index (χ3n) is 2.12. The third kappa shape index (κ3) is 5.14. The Bertz CT molecular complexity index is 425. The molecule has 0 aliphatic rings. The molecule has 0 radical (unpaired) electrons. The maximum atomic E-state index is 11.4. The van der Waals surface area contributed by atoms with Crippen LogP contribution in [0.1, 0.15) is 5.56 Å². The van der Waals surface area contributed by atoms with Crippen LogP contribution in [0.2, 0.25) is 0 Å². The maximum absolute atomic E-state index is 11.4. The van der Waals surface area contributed by atoms with Crippen LogP contribution in [0.15, 0.2) is 15.8 Å². The first-order valence-corrected chi connectivity index (χ1v) is 4.92. The van der Waals surface area contributed by atoms with Gasteiger partial charge in [0.25, 0.3) is 5.56 Å². The average Bonchev–Trinajstić information content (AvgIpc) is 2.23. The number of aliphatic hydroxyl groups is 2. The molecule has 1 rings (SSSR count). The van der Waals surface area contributed by atoms with Crippen molar-refractivity contribution in [1.29, 1.82) is 0 Å². The molecule has 1 aromatic rings. The van der Waals surface area contributed by atoms with E-state index in [9.17, 15) is 9.59 Å². The minimum absolute atomic E-state index is 0. The fourth-order valence-corrected chi connectivity index (χ4v) is 1.35. The van der Waals surface area contributed by atoms with Gasteiger partial charge in [0.2, 0.25) is 0 Å². The zero-order chi connectivity index (χ0) is 12.0. The van der Waals surface area contributed by atoms with Crippen LogP contribution in [0, 0.1) is 0 Å². The lowest BCUT2D eigenvalue weighted by Crippen LogP contribution is -2.33. The molecule has 0 atom stereocenters. The Balaban J connectivity index is 0.00000256. The van der Waals surface area contributed by atoms with E-state index in [-0.39, 0.29) is 32.2 Å². The summed E-state index contributed by atoms with van der Waals surface area (Å²) in [5, 5.41) is 17.6. The molecular weight excluding hydrogens is 250 g/mol. The molecule has 0 aliphatic heterocycles. The number of halogens is 1. The van der Waals surface area contributed by atoms with E-state index in [1.807, 2.05) is 0 Å². The Kier molecular flexibility index (Phi) is 7.47. The molecule has 98 valence electrons. The highest BCUT2D eigenvalue weighted by atomic mass is 35.5. The number of aromatic amines is 2. The van der Waals surface area contributed by atoms with Crippen molar-refractivity contribution in [2.75, 3.05) is 26.3 Å². The van der Waals surface area contributed by atoms with Crippen LogP contribution < -0.4 is 11.2 Å². The molecule has 0 aliphatic carbocycles. The van der Waals surface area contributed by atoms with Gasteiger partial charge in [0.15, 0.2) is 0 Å². The van der Waals surface area contributed by atoms with Crippen molar-refractivity contribution in [2.24, 2.45) is 0 Å². The Morgan fingerprint density at radius 3 is 2.24 bits per heavy atom. The quantitative estimate of drug-likeness (QED) is 0.489. The predicted octanol–water partition coefficient (Wildman–Crippen LogP) is -1.73. The topological polar surface area (TPSA) is 109 Å². The van der Waals surface area contributed by atoms with Gasteiger partial charge in [0, 0.05) is 31.4 Å². The first-order chi connectivity index (χ1) is 7.67. The molecule has 0 fully saturated rings. The number of nitrogens with zero attached hydrogens (tertiary/aromatic N) is 1. The maximum Gasteiger partial charge on any atom is 0.325 e. The van der Waals surface area contributed by atoms with Crippen molar-refractivity contribution < 1.29 is 10.2 Å². The molecule has 17 heavy (non-hydrogen) atoms. The summed E-state index contributed by atoms with van der Waals surface area (Å²) in [5.74, 6) is 0. The molecule has 0 spiro atoms. The monoisotopic (exact) mass is 265 g/mol. The molecule has 0 saturated heterocycles. The standard InChI is InChI=1S/C9H15N3O4.ClH/c13-3-1-12(2-4-14)6-7-5-10-9(16)11-8(7)15;/h5,13-14H,1-4,6H2,(H2,10,11,15,16);1H. The zero-order valence-electron chi connectivity index (χ0n) is 9.18. The Morgan fingerprint density at radius 1 is 1.18 bits per heavy atom. The fraction of sp³-hybridized carbons (Fsp3) is 0.556. The van der Waals surface area contributed by atoms with Gasteiger partial charge in [-0.3, -0.25) is 14.7 Å². The molecule has 0 bridgehead atoms. The molecule has 0 saturated carbocycles. The molecule has 8 heteroatoms. The van der Waals surface area contributed by atoms with E-state index < -0.39 is 11.2 Å². The summed E-state index contributed by atoms with van der Waals surface area (Å²) in [7, 11) is 0. The minimum atomic E-state index is -0.551. The van der Waals surface area contributed by atoms with E-state index in [0.29, 0.717) is 18.7 Å². The summed E-state index contributed by atoms with van der Waals surface area (Å²) in [6.45, 7) is 0.883. The highest BCUT2D eigenvalue weighted by molar-refractivity contribution is 5.85. The van der Waals surface area contributed by atoms with Crippen LogP contribution in [0.4, 0.5) is 0 Å². The molecule has 4 N–H and O–H groups in total.